The number of rotatable bonds is 5. The lowest BCUT2D eigenvalue weighted by Crippen LogP contribution is -2.12. The SMILES string of the molecule is CCOC(=O)Cc1cc([N+](=O)[O-])c(C#N)cc1CN. The van der Waals surface area contributed by atoms with E-state index in [2.05, 4.69) is 0 Å². The lowest BCUT2D eigenvalue weighted by Gasteiger charge is -2.08. The summed E-state index contributed by atoms with van der Waals surface area (Å²) in [7, 11) is 0. The Balaban J connectivity index is 3.23. The Bertz CT molecular complexity index is 549. The average Bonchev–Trinajstić information content (AvgIpc) is 2.38. The van der Waals surface area contributed by atoms with Gasteiger partial charge in [-0.2, -0.15) is 5.26 Å². The molecule has 0 aliphatic heterocycles. The molecule has 1 aromatic carbocycles. The van der Waals surface area contributed by atoms with E-state index >= 15 is 0 Å². The molecular weight excluding hydrogens is 250 g/mol. The summed E-state index contributed by atoms with van der Waals surface area (Å²) in [6.07, 6.45) is -0.104. The zero-order valence-corrected chi connectivity index (χ0v) is 10.4. The second kappa shape index (κ2) is 6.47. The summed E-state index contributed by atoms with van der Waals surface area (Å²) < 4.78 is 4.79. The van der Waals surface area contributed by atoms with Gasteiger partial charge in [0.05, 0.1) is 18.0 Å². The van der Waals surface area contributed by atoms with Crippen LogP contribution in [-0.4, -0.2) is 17.5 Å². The van der Waals surface area contributed by atoms with Crippen molar-refractivity contribution >= 4 is 11.7 Å². The maximum absolute atomic E-state index is 11.4. The van der Waals surface area contributed by atoms with E-state index in [4.69, 9.17) is 15.7 Å². The Kier molecular flexibility index (Phi) is 4.97. The summed E-state index contributed by atoms with van der Waals surface area (Å²) in [4.78, 5) is 21.6. The third-order valence-corrected chi connectivity index (χ3v) is 2.50. The van der Waals surface area contributed by atoms with Gasteiger partial charge >= 0.3 is 5.97 Å². The molecule has 2 N–H and O–H groups in total. The highest BCUT2D eigenvalue weighted by Gasteiger charge is 2.19. The van der Waals surface area contributed by atoms with Crippen molar-refractivity contribution in [2.45, 2.75) is 19.9 Å². The molecule has 0 saturated heterocycles. The van der Waals surface area contributed by atoms with Gasteiger partial charge < -0.3 is 10.5 Å². The number of nitriles is 1. The molecule has 0 fully saturated rings. The normalized spacial score (nSPS) is 9.74. The highest BCUT2D eigenvalue weighted by atomic mass is 16.6. The van der Waals surface area contributed by atoms with Gasteiger partial charge in [0.2, 0.25) is 0 Å². The summed E-state index contributed by atoms with van der Waals surface area (Å²) in [5.41, 5.74) is 6.05. The van der Waals surface area contributed by atoms with Crippen molar-refractivity contribution in [3.05, 3.63) is 38.9 Å². The second-order valence-corrected chi connectivity index (χ2v) is 3.69. The predicted octanol–water partition coefficient (Wildman–Crippen LogP) is 1.03. The molecule has 1 aromatic rings. The predicted molar refractivity (Wildman–Crippen MR) is 66.0 cm³/mol. The zero-order valence-electron chi connectivity index (χ0n) is 10.4. The summed E-state index contributed by atoms with van der Waals surface area (Å²) in [5, 5.41) is 19.7. The molecule has 0 aliphatic carbocycles. The van der Waals surface area contributed by atoms with Crippen LogP contribution in [0.4, 0.5) is 5.69 Å². The number of nitrogens with zero attached hydrogens (tertiary/aromatic N) is 2. The maximum Gasteiger partial charge on any atom is 0.310 e. The molecule has 0 saturated carbocycles. The Morgan fingerprint density at radius 2 is 2.21 bits per heavy atom. The first-order chi connectivity index (χ1) is 9.03. The first-order valence-corrected chi connectivity index (χ1v) is 5.59. The van der Waals surface area contributed by atoms with Crippen LogP contribution in [0, 0.1) is 21.4 Å². The quantitative estimate of drug-likeness (QED) is 0.481. The highest BCUT2D eigenvalue weighted by molar-refractivity contribution is 5.74. The van der Waals surface area contributed by atoms with Gasteiger partial charge in [-0.25, -0.2) is 0 Å². The number of carbonyl (C=O) groups is 1. The van der Waals surface area contributed by atoms with E-state index in [9.17, 15) is 14.9 Å². The van der Waals surface area contributed by atoms with Gasteiger partial charge in [0.15, 0.2) is 0 Å². The van der Waals surface area contributed by atoms with Crippen LogP contribution in [0.1, 0.15) is 23.6 Å². The fourth-order valence-electron chi connectivity index (χ4n) is 1.64. The zero-order chi connectivity index (χ0) is 14.4. The third kappa shape index (κ3) is 3.50. The van der Waals surface area contributed by atoms with Crippen molar-refractivity contribution in [2.24, 2.45) is 5.73 Å². The van der Waals surface area contributed by atoms with Gasteiger partial charge in [-0.3, -0.25) is 14.9 Å². The summed E-state index contributed by atoms with van der Waals surface area (Å²) >= 11 is 0. The van der Waals surface area contributed by atoms with Crippen molar-refractivity contribution in [2.75, 3.05) is 6.61 Å². The minimum atomic E-state index is -0.659. The molecule has 1 rings (SSSR count). The number of ether oxygens (including phenoxy) is 1. The van der Waals surface area contributed by atoms with Gasteiger partial charge in [-0.05, 0) is 24.1 Å². The number of carbonyl (C=O) groups excluding carboxylic acids is 1. The van der Waals surface area contributed by atoms with Crippen LogP contribution < -0.4 is 5.73 Å². The van der Waals surface area contributed by atoms with E-state index in [1.807, 2.05) is 0 Å². The number of nitro groups is 1. The van der Waals surface area contributed by atoms with Gasteiger partial charge in [0, 0.05) is 12.6 Å². The number of hydrogen-bond acceptors (Lipinski definition) is 6. The minimum Gasteiger partial charge on any atom is -0.466 e. The first kappa shape index (κ1) is 14.6. The van der Waals surface area contributed by atoms with Crippen LogP contribution >= 0.6 is 0 Å². The molecular formula is C12H13N3O4. The van der Waals surface area contributed by atoms with Crippen LogP contribution in [0.25, 0.3) is 0 Å². The Morgan fingerprint density at radius 1 is 1.53 bits per heavy atom. The van der Waals surface area contributed by atoms with Crippen molar-refractivity contribution in [3.8, 4) is 6.07 Å². The van der Waals surface area contributed by atoms with Gasteiger partial charge in [0.1, 0.15) is 11.6 Å². The molecule has 100 valence electrons. The van der Waals surface area contributed by atoms with Crippen LogP contribution in [0.15, 0.2) is 12.1 Å². The number of esters is 1. The van der Waals surface area contributed by atoms with Crippen LogP contribution in [0.3, 0.4) is 0 Å². The van der Waals surface area contributed by atoms with Crippen molar-refractivity contribution < 1.29 is 14.5 Å². The van der Waals surface area contributed by atoms with E-state index < -0.39 is 10.9 Å². The Hall–Kier alpha value is -2.46. The lowest BCUT2D eigenvalue weighted by atomic mass is 10.00. The molecule has 0 atom stereocenters. The molecule has 7 nitrogen and oxygen atoms in total. The summed E-state index contributed by atoms with van der Waals surface area (Å²) in [6.45, 7) is 1.99. The van der Waals surface area contributed by atoms with Crippen LogP contribution in [-0.2, 0) is 22.5 Å². The number of nitro benzene ring substituents is 1. The van der Waals surface area contributed by atoms with E-state index in [1.165, 1.54) is 12.1 Å². The summed E-state index contributed by atoms with van der Waals surface area (Å²) in [5.74, 6) is -0.490. The molecule has 19 heavy (non-hydrogen) atoms. The molecule has 0 radical (unpaired) electrons. The number of benzene rings is 1. The van der Waals surface area contributed by atoms with Crippen LogP contribution in [0.5, 0.6) is 0 Å². The molecule has 0 aliphatic rings. The average molecular weight is 263 g/mol. The van der Waals surface area contributed by atoms with Gasteiger partial charge in [-0.15, -0.1) is 0 Å². The standard InChI is InChI=1S/C12H13N3O4/c1-2-19-12(16)5-8-4-11(15(17)18)10(7-14)3-9(8)6-13/h3-4H,2,5-6,13H2,1H3. The Labute approximate surface area is 109 Å². The van der Waals surface area contributed by atoms with Gasteiger partial charge in [-0.1, -0.05) is 0 Å². The molecule has 0 heterocycles. The maximum atomic E-state index is 11.4. The molecule has 0 bridgehead atoms. The monoisotopic (exact) mass is 263 g/mol. The second-order valence-electron chi connectivity index (χ2n) is 3.69. The van der Waals surface area contributed by atoms with Crippen molar-refractivity contribution in [1.29, 1.82) is 5.26 Å². The molecule has 0 amide bonds. The van der Waals surface area contributed by atoms with E-state index in [1.54, 1.807) is 13.0 Å². The molecule has 0 spiro atoms. The van der Waals surface area contributed by atoms with Crippen molar-refractivity contribution in [3.63, 3.8) is 0 Å². The third-order valence-electron chi connectivity index (χ3n) is 2.50. The topological polar surface area (TPSA) is 119 Å². The first-order valence-electron chi connectivity index (χ1n) is 5.59. The van der Waals surface area contributed by atoms with E-state index in [0.717, 1.165) is 0 Å². The fourth-order valence-corrected chi connectivity index (χ4v) is 1.64. The molecule has 7 heteroatoms. The number of nitrogens with two attached hydrogens (primary N) is 1. The van der Waals surface area contributed by atoms with E-state index in [-0.39, 0.29) is 30.8 Å². The van der Waals surface area contributed by atoms with Gasteiger partial charge in [0.25, 0.3) is 5.69 Å². The largest absolute Gasteiger partial charge is 0.466 e. The summed E-state index contributed by atoms with van der Waals surface area (Å²) in [6, 6.07) is 4.29. The van der Waals surface area contributed by atoms with Crippen LogP contribution in [0.2, 0.25) is 0 Å². The number of hydrogen-bond donors (Lipinski definition) is 1. The molecule has 0 unspecified atom stereocenters. The lowest BCUT2D eigenvalue weighted by molar-refractivity contribution is -0.385. The molecule has 0 aromatic heterocycles. The highest BCUT2D eigenvalue weighted by Crippen LogP contribution is 2.23. The van der Waals surface area contributed by atoms with Crippen molar-refractivity contribution in [1.82, 2.24) is 0 Å². The smallest absolute Gasteiger partial charge is 0.310 e. The fraction of sp³-hybridized carbons (Fsp3) is 0.333. The Morgan fingerprint density at radius 3 is 2.68 bits per heavy atom. The minimum absolute atomic E-state index is 0.0712. The van der Waals surface area contributed by atoms with E-state index in [0.29, 0.717) is 11.1 Å².